The Kier molecular flexibility index (Phi) is 3.14. The highest BCUT2D eigenvalue weighted by atomic mass is 32.2. The molecule has 0 aliphatic carbocycles. The van der Waals surface area contributed by atoms with Crippen molar-refractivity contribution in [1.82, 2.24) is 0 Å². The van der Waals surface area contributed by atoms with Gasteiger partial charge >= 0.3 is 5.97 Å². The number of aliphatic carboxylic acids is 1. The zero-order valence-electron chi connectivity index (χ0n) is 8.47. The third-order valence-electron chi connectivity index (χ3n) is 2.38. The number of hydrogen-bond acceptors (Lipinski definition) is 3. The summed E-state index contributed by atoms with van der Waals surface area (Å²) in [5, 5.41) is 11.7. The number of anilines is 1. The first kappa shape index (κ1) is 11.0. The molecule has 0 aromatic heterocycles. The van der Waals surface area contributed by atoms with Crippen LogP contribution in [0.3, 0.4) is 0 Å². The van der Waals surface area contributed by atoms with Crippen LogP contribution in [-0.4, -0.2) is 22.7 Å². The van der Waals surface area contributed by atoms with Gasteiger partial charge in [0.15, 0.2) is 0 Å². The lowest BCUT2D eigenvalue weighted by atomic mass is 10.1. The van der Waals surface area contributed by atoms with Gasteiger partial charge in [0, 0.05) is 17.1 Å². The Labute approximate surface area is 97.0 Å². The van der Waals surface area contributed by atoms with E-state index in [4.69, 9.17) is 5.11 Å². The number of rotatable bonds is 1. The van der Waals surface area contributed by atoms with Crippen molar-refractivity contribution < 1.29 is 14.7 Å². The summed E-state index contributed by atoms with van der Waals surface area (Å²) in [5.41, 5.74) is 0.765. The quantitative estimate of drug-likeness (QED) is 0.782. The molecule has 1 aromatic carbocycles. The Morgan fingerprint density at radius 1 is 1.44 bits per heavy atom. The summed E-state index contributed by atoms with van der Waals surface area (Å²) >= 11 is 1.47. The molecule has 0 saturated heterocycles. The van der Waals surface area contributed by atoms with Crippen LogP contribution < -0.4 is 5.32 Å². The van der Waals surface area contributed by atoms with E-state index in [0.717, 1.165) is 10.6 Å². The first-order chi connectivity index (χ1) is 7.66. The molecule has 4 nitrogen and oxygen atoms in total. The summed E-state index contributed by atoms with van der Waals surface area (Å²) in [5.74, 6) is -1.33. The lowest BCUT2D eigenvalue weighted by Gasteiger charge is -2.18. The normalized spacial score (nSPS) is 20.2. The number of carbonyl (C=O) groups excluding carboxylic acids is 1. The van der Waals surface area contributed by atoms with Crippen molar-refractivity contribution in [2.75, 3.05) is 11.1 Å². The highest BCUT2D eigenvalue weighted by Gasteiger charge is 2.24. The summed E-state index contributed by atoms with van der Waals surface area (Å²) in [6.45, 7) is 0. The summed E-state index contributed by atoms with van der Waals surface area (Å²) in [6, 6.07) is 7.41. The number of amides is 1. The molecule has 1 heterocycles. The predicted octanol–water partition coefficient (Wildman–Crippen LogP) is 1.82. The topological polar surface area (TPSA) is 66.4 Å². The maximum atomic E-state index is 11.5. The standard InChI is InChI=1S/C11H11NO3S/c13-10-5-7(11(14)15)6-16-9-4-2-1-3-8(9)12-10/h1-4,7H,5-6H2,(H,12,13)(H,14,15). The third kappa shape index (κ3) is 2.36. The van der Waals surface area contributed by atoms with E-state index in [1.165, 1.54) is 11.8 Å². The molecule has 0 fully saturated rings. The number of thioether (sulfide) groups is 1. The van der Waals surface area contributed by atoms with Crippen LogP contribution in [0.1, 0.15) is 6.42 Å². The summed E-state index contributed by atoms with van der Waals surface area (Å²) in [6.07, 6.45) is 0.0384. The molecule has 0 spiro atoms. The van der Waals surface area contributed by atoms with Crippen molar-refractivity contribution in [2.24, 2.45) is 5.92 Å². The lowest BCUT2D eigenvalue weighted by molar-refractivity contribution is -0.142. The van der Waals surface area contributed by atoms with Gasteiger partial charge in [0.25, 0.3) is 0 Å². The number of carboxylic acid groups (broad SMARTS) is 1. The Bertz CT molecular complexity index is 433. The number of fused-ring (bicyclic) bond motifs is 1. The van der Waals surface area contributed by atoms with Crippen molar-refractivity contribution in [1.29, 1.82) is 0 Å². The first-order valence-corrected chi connectivity index (χ1v) is 5.90. The largest absolute Gasteiger partial charge is 0.481 e. The molecule has 1 unspecified atom stereocenters. The van der Waals surface area contributed by atoms with Gasteiger partial charge in [0.05, 0.1) is 11.6 Å². The van der Waals surface area contributed by atoms with Crippen LogP contribution in [0.2, 0.25) is 0 Å². The zero-order chi connectivity index (χ0) is 11.5. The van der Waals surface area contributed by atoms with E-state index in [0.29, 0.717) is 5.75 Å². The van der Waals surface area contributed by atoms with Crippen molar-refractivity contribution in [3.8, 4) is 0 Å². The molecule has 16 heavy (non-hydrogen) atoms. The fourth-order valence-electron chi connectivity index (χ4n) is 1.53. The molecule has 1 atom stereocenters. The maximum Gasteiger partial charge on any atom is 0.307 e. The first-order valence-electron chi connectivity index (χ1n) is 4.91. The van der Waals surface area contributed by atoms with Crippen LogP contribution in [0.25, 0.3) is 0 Å². The van der Waals surface area contributed by atoms with E-state index in [1.54, 1.807) is 0 Å². The van der Waals surface area contributed by atoms with Crippen molar-refractivity contribution in [3.05, 3.63) is 24.3 Å². The van der Waals surface area contributed by atoms with Crippen molar-refractivity contribution in [2.45, 2.75) is 11.3 Å². The monoisotopic (exact) mass is 237 g/mol. The minimum atomic E-state index is -0.915. The average molecular weight is 237 g/mol. The van der Waals surface area contributed by atoms with Crippen LogP contribution in [0.4, 0.5) is 5.69 Å². The molecule has 2 rings (SSSR count). The second kappa shape index (κ2) is 4.57. The molecule has 1 aromatic rings. The summed E-state index contributed by atoms with van der Waals surface area (Å²) in [4.78, 5) is 23.3. The SMILES string of the molecule is O=C1CC(C(=O)O)CSc2ccccc2N1. The summed E-state index contributed by atoms with van der Waals surface area (Å²) < 4.78 is 0. The van der Waals surface area contributed by atoms with Gasteiger partial charge in [0.1, 0.15) is 0 Å². The van der Waals surface area contributed by atoms with Crippen molar-refractivity contribution >= 4 is 29.3 Å². The highest BCUT2D eigenvalue weighted by Crippen LogP contribution is 2.31. The Morgan fingerprint density at radius 3 is 2.94 bits per heavy atom. The van der Waals surface area contributed by atoms with Gasteiger partial charge in [-0.25, -0.2) is 0 Å². The molecule has 1 amide bonds. The molecular formula is C11H11NO3S. The highest BCUT2D eigenvalue weighted by molar-refractivity contribution is 7.99. The number of benzene rings is 1. The van der Waals surface area contributed by atoms with Gasteiger partial charge in [-0.05, 0) is 12.1 Å². The van der Waals surface area contributed by atoms with Crippen LogP contribution in [-0.2, 0) is 9.59 Å². The van der Waals surface area contributed by atoms with Gasteiger partial charge in [-0.1, -0.05) is 12.1 Å². The summed E-state index contributed by atoms with van der Waals surface area (Å²) in [7, 11) is 0. The molecule has 1 aliphatic rings. The minimum absolute atomic E-state index is 0.0384. The van der Waals surface area contributed by atoms with Crippen LogP contribution in [0.5, 0.6) is 0 Å². The molecule has 84 valence electrons. The Hall–Kier alpha value is -1.49. The third-order valence-corrected chi connectivity index (χ3v) is 3.62. The number of hydrogen-bond donors (Lipinski definition) is 2. The van der Waals surface area contributed by atoms with Gasteiger partial charge in [-0.2, -0.15) is 0 Å². The predicted molar refractivity (Wildman–Crippen MR) is 61.5 cm³/mol. The molecule has 0 radical (unpaired) electrons. The molecule has 0 bridgehead atoms. The van der Waals surface area contributed by atoms with E-state index in [2.05, 4.69) is 5.32 Å². The fraction of sp³-hybridized carbons (Fsp3) is 0.273. The van der Waals surface area contributed by atoms with Gasteiger partial charge < -0.3 is 10.4 Å². The van der Waals surface area contributed by atoms with E-state index >= 15 is 0 Å². The second-order valence-corrected chi connectivity index (χ2v) is 4.66. The van der Waals surface area contributed by atoms with E-state index in [9.17, 15) is 9.59 Å². The Morgan fingerprint density at radius 2 is 2.19 bits per heavy atom. The number of para-hydroxylation sites is 1. The minimum Gasteiger partial charge on any atom is -0.481 e. The van der Waals surface area contributed by atoms with Gasteiger partial charge in [0.2, 0.25) is 5.91 Å². The fourth-order valence-corrected chi connectivity index (χ4v) is 2.62. The second-order valence-electron chi connectivity index (χ2n) is 3.59. The molecule has 5 heteroatoms. The van der Waals surface area contributed by atoms with Crippen LogP contribution >= 0.6 is 11.8 Å². The molecular weight excluding hydrogens is 226 g/mol. The Balaban J connectivity index is 2.25. The number of carbonyl (C=O) groups is 2. The number of nitrogens with one attached hydrogen (secondary N) is 1. The van der Waals surface area contributed by atoms with E-state index in [-0.39, 0.29) is 12.3 Å². The lowest BCUT2D eigenvalue weighted by Crippen LogP contribution is -2.25. The van der Waals surface area contributed by atoms with E-state index in [1.807, 2.05) is 24.3 Å². The zero-order valence-corrected chi connectivity index (χ0v) is 9.29. The molecule has 2 N–H and O–H groups in total. The number of carboxylic acids is 1. The van der Waals surface area contributed by atoms with Gasteiger partial charge in [-0.3, -0.25) is 9.59 Å². The van der Waals surface area contributed by atoms with Crippen LogP contribution in [0, 0.1) is 5.92 Å². The average Bonchev–Trinajstić information content (AvgIpc) is 2.22. The molecule has 0 saturated carbocycles. The van der Waals surface area contributed by atoms with Gasteiger partial charge in [-0.15, -0.1) is 11.8 Å². The van der Waals surface area contributed by atoms with Crippen molar-refractivity contribution in [3.63, 3.8) is 0 Å². The smallest absolute Gasteiger partial charge is 0.307 e. The van der Waals surface area contributed by atoms with Crippen LogP contribution in [0.15, 0.2) is 29.2 Å². The maximum absolute atomic E-state index is 11.5. The van der Waals surface area contributed by atoms with E-state index < -0.39 is 11.9 Å². The molecule has 1 aliphatic heterocycles.